The molecule has 0 radical (unpaired) electrons. The second-order valence-corrected chi connectivity index (χ2v) is 5.94. The van der Waals surface area contributed by atoms with Gasteiger partial charge < -0.3 is 14.7 Å². The molecule has 23 heavy (non-hydrogen) atoms. The van der Waals surface area contributed by atoms with E-state index in [9.17, 15) is 14.0 Å². The van der Waals surface area contributed by atoms with Crippen LogP contribution in [0.4, 0.5) is 4.39 Å². The van der Waals surface area contributed by atoms with Gasteiger partial charge in [-0.2, -0.15) is 0 Å². The first-order valence-corrected chi connectivity index (χ1v) is 7.82. The molecule has 0 aromatic heterocycles. The van der Waals surface area contributed by atoms with Gasteiger partial charge in [0.1, 0.15) is 5.82 Å². The second kappa shape index (κ2) is 8.06. The van der Waals surface area contributed by atoms with E-state index in [0.717, 1.165) is 5.56 Å². The molecule has 1 saturated heterocycles. The summed E-state index contributed by atoms with van der Waals surface area (Å²) in [6, 6.07) is 6.39. The highest BCUT2D eigenvalue weighted by atomic mass is 19.1. The van der Waals surface area contributed by atoms with Crippen LogP contribution in [0.25, 0.3) is 0 Å². The van der Waals surface area contributed by atoms with Crippen LogP contribution in [0.3, 0.4) is 0 Å². The zero-order valence-electron chi connectivity index (χ0n) is 13.2. The summed E-state index contributed by atoms with van der Waals surface area (Å²) in [5.41, 5.74) is 0.871. The Hall–Kier alpha value is -1.95. The topological polar surface area (TPSA) is 66.8 Å². The molecule has 2 rings (SSSR count). The fraction of sp³-hybridized carbons (Fsp3) is 0.529. The average molecular weight is 323 g/mol. The highest BCUT2D eigenvalue weighted by Crippen LogP contribution is 2.16. The Bertz CT molecular complexity index is 563. The van der Waals surface area contributed by atoms with E-state index in [1.165, 1.54) is 12.1 Å². The number of ether oxygens (including phenoxy) is 1. The SMILES string of the molecule is C[C@@H](CCc1cccc(F)c1)C(=O)N1CCO[C@H](CC(=O)O)C1. The largest absolute Gasteiger partial charge is 0.481 e. The third-order valence-corrected chi connectivity index (χ3v) is 4.03. The molecule has 5 nitrogen and oxygen atoms in total. The summed E-state index contributed by atoms with van der Waals surface area (Å²) in [5.74, 6) is -1.39. The van der Waals surface area contributed by atoms with Gasteiger partial charge in [-0.15, -0.1) is 0 Å². The Balaban J connectivity index is 1.85. The number of carboxylic acid groups (broad SMARTS) is 1. The van der Waals surface area contributed by atoms with Gasteiger partial charge in [-0.3, -0.25) is 9.59 Å². The predicted molar refractivity (Wildman–Crippen MR) is 82.5 cm³/mol. The van der Waals surface area contributed by atoms with Crippen molar-refractivity contribution in [2.45, 2.75) is 32.3 Å². The van der Waals surface area contributed by atoms with Crippen LogP contribution in [0.5, 0.6) is 0 Å². The van der Waals surface area contributed by atoms with Gasteiger partial charge in [0, 0.05) is 19.0 Å². The number of amides is 1. The number of benzene rings is 1. The van der Waals surface area contributed by atoms with Crippen LogP contribution in [-0.2, 0) is 20.7 Å². The van der Waals surface area contributed by atoms with Crippen molar-refractivity contribution in [1.29, 1.82) is 0 Å². The van der Waals surface area contributed by atoms with Crippen molar-refractivity contribution < 1.29 is 23.8 Å². The van der Waals surface area contributed by atoms with Gasteiger partial charge >= 0.3 is 5.97 Å². The standard InChI is InChI=1S/C17H22FNO4/c1-12(5-6-13-3-2-4-14(18)9-13)17(22)19-7-8-23-15(11-19)10-16(20)21/h2-4,9,12,15H,5-8,10-11H2,1H3,(H,20,21)/t12-,15+/m0/s1. The molecule has 126 valence electrons. The van der Waals surface area contributed by atoms with E-state index in [1.807, 2.05) is 13.0 Å². The van der Waals surface area contributed by atoms with Crippen molar-refractivity contribution >= 4 is 11.9 Å². The van der Waals surface area contributed by atoms with Gasteiger partial charge in [0.15, 0.2) is 0 Å². The summed E-state index contributed by atoms with van der Waals surface area (Å²) in [7, 11) is 0. The summed E-state index contributed by atoms with van der Waals surface area (Å²) >= 11 is 0. The van der Waals surface area contributed by atoms with Gasteiger partial charge in [0.25, 0.3) is 0 Å². The van der Waals surface area contributed by atoms with Crippen molar-refractivity contribution in [2.24, 2.45) is 5.92 Å². The number of aliphatic carboxylic acids is 1. The number of nitrogens with zero attached hydrogens (tertiary/aromatic N) is 1. The fourth-order valence-electron chi connectivity index (χ4n) is 2.75. The molecular formula is C17H22FNO4. The van der Waals surface area contributed by atoms with Crippen LogP contribution in [0.15, 0.2) is 24.3 Å². The third-order valence-electron chi connectivity index (χ3n) is 4.03. The summed E-state index contributed by atoms with van der Waals surface area (Å²) < 4.78 is 18.5. The monoisotopic (exact) mass is 323 g/mol. The fourth-order valence-corrected chi connectivity index (χ4v) is 2.75. The van der Waals surface area contributed by atoms with Crippen molar-refractivity contribution in [3.8, 4) is 0 Å². The number of hydrogen-bond donors (Lipinski definition) is 1. The zero-order chi connectivity index (χ0) is 16.8. The minimum absolute atomic E-state index is 0.0000850. The Kier molecular flexibility index (Phi) is 6.10. The number of halogens is 1. The highest BCUT2D eigenvalue weighted by Gasteiger charge is 2.28. The van der Waals surface area contributed by atoms with Gasteiger partial charge in [0.2, 0.25) is 5.91 Å². The number of carboxylic acids is 1. The quantitative estimate of drug-likeness (QED) is 0.870. The summed E-state index contributed by atoms with van der Waals surface area (Å²) in [4.78, 5) is 24.9. The Labute approximate surface area is 135 Å². The van der Waals surface area contributed by atoms with Crippen LogP contribution >= 0.6 is 0 Å². The molecule has 6 heteroatoms. The molecule has 1 aromatic rings. The van der Waals surface area contributed by atoms with Crippen LogP contribution in [-0.4, -0.2) is 47.7 Å². The number of aryl methyl sites for hydroxylation is 1. The van der Waals surface area contributed by atoms with Crippen molar-refractivity contribution in [3.63, 3.8) is 0 Å². The number of carbonyl (C=O) groups is 2. The zero-order valence-corrected chi connectivity index (χ0v) is 13.2. The number of hydrogen-bond acceptors (Lipinski definition) is 3. The summed E-state index contributed by atoms with van der Waals surface area (Å²) in [6.45, 7) is 3.01. The molecule has 0 unspecified atom stereocenters. The minimum Gasteiger partial charge on any atom is -0.481 e. The molecule has 1 heterocycles. The molecule has 0 saturated carbocycles. The van der Waals surface area contributed by atoms with E-state index < -0.39 is 12.1 Å². The Morgan fingerprint density at radius 2 is 2.26 bits per heavy atom. The first kappa shape index (κ1) is 17.4. The van der Waals surface area contributed by atoms with Gasteiger partial charge in [-0.05, 0) is 30.5 Å². The maximum Gasteiger partial charge on any atom is 0.306 e. The first-order valence-electron chi connectivity index (χ1n) is 7.82. The van der Waals surface area contributed by atoms with E-state index in [4.69, 9.17) is 9.84 Å². The van der Waals surface area contributed by atoms with Crippen molar-refractivity contribution in [3.05, 3.63) is 35.6 Å². The first-order chi connectivity index (χ1) is 11.0. The highest BCUT2D eigenvalue weighted by molar-refractivity contribution is 5.78. The molecule has 0 aliphatic carbocycles. The smallest absolute Gasteiger partial charge is 0.306 e. The van der Waals surface area contributed by atoms with E-state index in [-0.39, 0.29) is 24.1 Å². The number of morpholine rings is 1. The molecule has 0 bridgehead atoms. The van der Waals surface area contributed by atoms with E-state index >= 15 is 0 Å². The van der Waals surface area contributed by atoms with Crippen LogP contribution in [0.1, 0.15) is 25.3 Å². The molecule has 1 amide bonds. The molecule has 1 N–H and O–H groups in total. The van der Waals surface area contributed by atoms with Crippen LogP contribution in [0, 0.1) is 11.7 Å². The molecule has 1 fully saturated rings. The molecule has 1 aliphatic rings. The van der Waals surface area contributed by atoms with Crippen molar-refractivity contribution in [2.75, 3.05) is 19.7 Å². The van der Waals surface area contributed by atoms with Crippen LogP contribution < -0.4 is 0 Å². The second-order valence-electron chi connectivity index (χ2n) is 5.94. The van der Waals surface area contributed by atoms with Gasteiger partial charge in [-0.1, -0.05) is 19.1 Å². The summed E-state index contributed by atoms with van der Waals surface area (Å²) in [6.07, 6.45) is 0.721. The lowest BCUT2D eigenvalue weighted by Gasteiger charge is -2.34. The van der Waals surface area contributed by atoms with E-state index in [1.54, 1.807) is 11.0 Å². The normalized spacial score (nSPS) is 19.4. The van der Waals surface area contributed by atoms with Crippen molar-refractivity contribution in [1.82, 2.24) is 4.90 Å². The molecule has 1 aromatic carbocycles. The lowest BCUT2D eigenvalue weighted by atomic mass is 9.99. The third kappa shape index (κ3) is 5.32. The van der Waals surface area contributed by atoms with Gasteiger partial charge in [-0.25, -0.2) is 4.39 Å². The average Bonchev–Trinajstić information content (AvgIpc) is 2.51. The van der Waals surface area contributed by atoms with E-state index in [0.29, 0.717) is 32.5 Å². The predicted octanol–water partition coefficient (Wildman–Crippen LogP) is 2.10. The maximum atomic E-state index is 13.2. The number of rotatable bonds is 6. The number of carbonyl (C=O) groups excluding carboxylic acids is 1. The van der Waals surface area contributed by atoms with E-state index in [2.05, 4.69) is 0 Å². The van der Waals surface area contributed by atoms with Crippen LogP contribution in [0.2, 0.25) is 0 Å². The molecule has 0 spiro atoms. The minimum atomic E-state index is -0.927. The Morgan fingerprint density at radius 3 is 2.96 bits per heavy atom. The lowest BCUT2D eigenvalue weighted by Crippen LogP contribution is -2.48. The van der Waals surface area contributed by atoms with Gasteiger partial charge in [0.05, 0.1) is 19.1 Å². The molecular weight excluding hydrogens is 301 g/mol. The molecule has 2 atom stereocenters. The summed E-state index contributed by atoms with van der Waals surface area (Å²) in [5, 5.41) is 8.82. The maximum absolute atomic E-state index is 13.2. The molecule has 1 aliphatic heterocycles. The Morgan fingerprint density at radius 1 is 1.48 bits per heavy atom. The lowest BCUT2D eigenvalue weighted by molar-refractivity contribution is -0.149.